The quantitative estimate of drug-likeness (QED) is 0.646. The summed E-state index contributed by atoms with van der Waals surface area (Å²) in [5.74, 6) is 0.498. The molecule has 136 valence electrons. The number of rotatable bonds is 2. The molecule has 3 aliphatic heterocycles. The summed E-state index contributed by atoms with van der Waals surface area (Å²) in [5.41, 5.74) is 1.16. The number of fused-ring (bicyclic) bond motifs is 3. The molecule has 1 aromatic carbocycles. The van der Waals surface area contributed by atoms with Crippen LogP contribution in [0.25, 0.3) is 0 Å². The second kappa shape index (κ2) is 5.60. The number of ether oxygens (including phenoxy) is 1. The summed E-state index contributed by atoms with van der Waals surface area (Å²) in [4.78, 5) is 12.9. The molecule has 6 heteroatoms. The molecule has 3 heterocycles. The van der Waals surface area contributed by atoms with E-state index in [0.29, 0.717) is 16.3 Å². The van der Waals surface area contributed by atoms with Crippen LogP contribution >= 0.6 is 11.6 Å². The first-order chi connectivity index (χ1) is 11.7. The second-order valence-electron chi connectivity index (χ2n) is 8.57. The Balaban J connectivity index is 1.54. The fourth-order valence-corrected chi connectivity index (χ4v) is 5.07. The second-order valence-corrected chi connectivity index (χ2v) is 9.00. The van der Waals surface area contributed by atoms with E-state index in [0.717, 1.165) is 37.7 Å². The van der Waals surface area contributed by atoms with Crippen molar-refractivity contribution in [3.63, 3.8) is 0 Å². The van der Waals surface area contributed by atoms with Gasteiger partial charge < -0.3 is 19.9 Å². The van der Waals surface area contributed by atoms with Gasteiger partial charge in [-0.2, -0.15) is 0 Å². The van der Waals surface area contributed by atoms with Gasteiger partial charge in [-0.3, -0.25) is 4.79 Å². The number of piperidine rings is 1. The van der Waals surface area contributed by atoms with Crippen LogP contribution < -0.4 is 10.1 Å². The molecule has 1 N–H and O–H groups in total. The number of nitrogens with one attached hydrogen (secondary N) is 1. The number of quaternary nitrogens is 1. The summed E-state index contributed by atoms with van der Waals surface area (Å²) in [7, 11) is 1.78. The number of carbonyl (C=O) groups excluding carboxylic acids is 1. The highest BCUT2D eigenvalue weighted by atomic mass is 35.5. The highest BCUT2D eigenvalue weighted by molar-refractivity contribution is 6.31. The zero-order chi connectivity index (χ0) is 18.0. The number of halogens is 1. The number of carbonyl (C=O) groups is 1. The highest BCUT2D eigenvalue weighted by Gasteiger charge is 2.47. The van der Waals surface area contributed by atoms with E-state index in [9.17, 15) is 10.0 Å². The van der Waals surface area contributed by atoms with Gasteiger partial charge in [0.1, 0.15) is 11.4 Å². The van der Waals surface area contributed by atoms with E-state index >= 15 is 0 Å². The van der Waals surface area contributed by atoms with Gasteiger partial charge in [-0.1, -0.05) is 11.6 Å². The molecule has 4 rings (SSSR count). The Morgan fingerprint density at radius 2 is 1.96 bits per heavy atom. The van der Waals surface area contributed by atoms with E-state index in [1.54, 1.807) is 13.1 Å². The minimum absolute atomic E-state index is 0.0502. The Bertz CT molecular complexity index is 716. The van der Waals surface area contributed by atoms with Crippen LogP contribution in [0.1, 0.15) is 55.5 Å². The van der Waals surface area contributed by atoms with E-state index in [1.807, 2.05) is 19.9 Å². The molecule has 25 heavy (non-hydrogen) atoms. The number of benzene rings is 1. The van der Waals surface area contributed by atoms with Gasteiger partial charge >= 0.3 is 0 Å². The first kappa shape index (κ1) is 17.1. The number of hydrogen-bond acceptors (Lipinski definition) is 3. The monoisotopic (exact) mass is 364 g/mol. The van der Waals surface area contributed by atoms with Crippen molar-refractivity contribution in [1.82, 2.24) is 5.32 Å². The first-order valence-corrected chi connectivity index (χ1v) is 9.43. The largest absolute Gasteiger partial charge is 0.633 e. The number of hydroxylamine groups is 3. The standard InChI is InChI=1S/C19H25ClN2O3/c1-19(2)10-11-6-12(20)7-16(17(11)25-19)18(23)21-13-8-14-4-5-15(9-13)22(14,3)24/h6-7,13-15H,4-5,8-10H2,1-3H3,(H,21,23). The minimum atomic E-state index is -0.326. The molecule has 2 bridgehead atoms. The summed E-state index contributed by atoms with van der Waals surface area (Å²) in [6, 6.07) is 3.81. The lowest BCUT2D eigenvalue weighted by atomic mass is 9.96. The Morgan fingerprint density at radius 1 is 1.32 bits per heavy atom. The molecule has 2 unspecified atom stereocenters. The van der Waals surface area contributed by atoms with Crippen LogP contribution in [0.15, 0.2) is 12.1 Å². The smallest absolute Gasteiger partial charge is 0.255 e. The van der Waals surface area contributed by atoms with Gasteiger partial charge in [0.25, 0.3) is 5.91 Å². The van der Waals surface area contributed by atoms with Crippen molar-refractivity contribution >= 4 is 17.5 Å². The van der Waals surface area contributed by atoms with Crippen molar-refractivity contribution in [1.29, 1.82) is 0 Å². The molecule has 0 aliphatic carbocycles. The molecule has 0 spiro atoms. The Morgan fingerprint density at radius 3 is 2.60 bits per heavy atom. The molecule has 3 aliphatic rings. The first-order valence-electron chi connectivity index (χ1n) is 9.05. The summed E-state index contributed by atoms with van der Waals surface area (Å²) in [6.45, 7) is 4.02. The molecule has 0 aromatic heterocycles. The van der Waals surface area contributed by atoms with E-state index in [2.05, 4.69) is 5.32 Å². The number of hydrogen-bond donors (Lipinski definition) is 1. The molecular formula is C19H25ClN2O3. The molecule has 2 saturated heterocycles. The maximum atomic E-state index is 12.9. The molecule has 5 nitrogen and oxygen atoms in total. The van der Waals surface area contributed by atoms with Crippen LogP contribution in [0.5, 0.6) is 5.75 Å². The van der Waals surface area contributed by atoms with Gasteiger partial charge in [0.2, 0.25) is 0 Å². The number of amides is 1. The van der Waals surface area contributed by atoms with Crippen LogP contribution in [0.4, 0.5) is 0 Å². The Labute approximate surface area is 153 Å². The normalized spacial score (nSPS) is 35.2. The van der Waals surface area contributed by atoms with Crippen molar-refractivity contribution in [3.05, 3.63) is 33.5 Å². The molecule has 2 atom stereocenters. The van der Waals surface area contributed by atoms with Gasteiger partial charge in [-0.25, -0.2) is 0 Å². The van der Waals surface area contributed by atoms with E-state index in [-0.39, 0.29) is 34.3 Å². The van der Waals surface area contributed by atoms with E-state index < -0.39 is 0 Å². The van der Waals surface area contributed by atoms with Crippen LogP contribution in [-0.4, -0.2) is 41.3 Å². The van der Waals surface area contributed by atoms with Crippen molar-refractivity contribution < 1.29 is 14.2 Å². The fraction of sp³-hybridized carbons (Fsp3) is 0.632. The van der Waals surface area contributed by atoms with E-state index in [1.165, 1.54) is 0 Å². The zero-order valence-corrected chi connectivity index (χ0v) is 15.7. The lowest BCUT2D eigenvalue weighted by Gasteiger charge is -2.50. The Kier molecular flexibility index (Phi) is 3.84. The molecule has 0 radical (unpaired) electrons. The summed E-state index contributed by atoms with van der Waals surface area (Å²) in [5, 5.41) is 16.3. The minimum Gasteiger partial charge on any atom is -0.633 e. The Hall–Kier alpha value is -1.30. The molecular weight excluding hydrogens is 340 g/mol. The molecule has 2 fully saturated rings. The zero-order valence-electron chi connectivity index (χ0n) is 15.0. The predicted molar refractivity (Wildman–Crippen MR) is 96.7 cm³/mol. The van der Waals surface area contributed by atoms with Crippen molar-refractivity contribution in [2.45, 2.75) is 69.7 Å². The van der Waals surface area contributed by atoms with Crippen molar-refractivity contribution in [2.75, 3.05) is 7.05 Å². The van der Waals surface area contributed by atoms with Gasteiger partial charge in [-0.05, 0) is 26.0 Å². The van der Waals surface area contributed by atoms with Crippen LogP contribution in [-0.2, 0) is 6.42 Å². The molecule has 1 aromatic rings. The van der Waals surface area contributed by atoms with Crippen LogP contribution in [0.3, 0.4) is 0 Å². The van der Waals surface area contributed by atoms with E-state index in [4.69, 9.17) is 16.3 Å². The lowest BCUT2D eigenvalue weighted by molar-refractivity contribution is -0.902. The fourth-order valence-electron chi connectivity index (χ4n) is 4.83. The molecule has 0 saturated carbocycles. The highest BCUT2D eigenvalue weighted by Crippen LogP contribution is 2.42. The van der Waals surface area contributed by atoms with Crippen LogP contribution in [0, 0.1) is 5.21 Å². The maximum Gasteiger partial charge on any atom is 0.255 e. The lowest BCUT2D eigenvalue weighted by Crippen LogP contribution is -2.57. The SMILES string of the molecule is CC1(C)Cc2cc(Cl)cc(C(=O)NC3CC4CCC(C3)[N+]4(C)[O-])c2O1. The summed E-state index contributed by atoms with van der Waals surface area (Å²) in [6.07, 6.45) is 4.15. The third-order valence-corrected chi connectivity index (χ3v) is 6.32. The maximum absolute atomic E-state index is 12.9. The summed E-state index contributed by atoms with van der Waals surface area (Å²) >= 11 is 6.22. The van der Waals surface area contributed by atoms with Gasteiger partial charge in [0.15, 0.2) is 0 Å². The van der Waals surface area contributed by atoms with Gasteiger partial charge in [-0.15, -0.1) is 0 Å². The number of nitrogens with zero attached hydrogens (tertiary/aromatic N) is 1. The average Bonchev–Trinajstić information content (AvgIpc) is 2.84. The van der Waals surface area contributed by atoms with Crippen molar-refractivity contribution in [2.24, 2.45) is 0 Å². The van der Waals surface area contributed by atoms with Gasteiger partial charge in [0, 0.05) is 48.7 Å². The molecule has 1 amide bonds. The third-order valence-electron chi connectivity index (χ3n) is 6.10. The van der Waals surface area contributed by atoms with Crippen LogP contribution in [0.2, 0.25) is 5.02 Å². The van der Waals surface area contributed by atoms with Gasteiger partial charge in [0.05, 0.1) is 24.7 Å². The topological polar surface area (TPSA) is 61.4 Å². The third kappa shape index (κ3) is 2.92. The van der Waals surface area contributed by atoms with Crippen molar-refractivity contribution in [3.8, 4) is 5.75 Å². The average molecular weight is 365 g/mol. The predicted octanol–water partition coefficient (Wildman–Crippen LogP) is 3.42. The summed E-state index contributed by atoms with van der Waals surface area (Å²) < 4.78 is 5.86.